The molecule has 0 spiro atoms. The average Bonchev–Trinajstić information content (AvgIpc) is 2.74. The van der Waals surface area contributed by atoms with Crippen LogP contribution in [0.1, 0.15) is 21.6 Å². The minimum atomic E-state index is -3.72. The molecule has 1 aromatic heterocycles. The van der Waals surface area contributed by atoms with E-state index in [0.29, 0.717) is 18.5 Å². The van der Waals surface area contributed by atoms with E-state index in [1.165, 1.54) is 12.1 Å². The zero-order chi connectivity index (χ0) is 19.8. The molecule has 3 aromatic rings. The van der Waals surface area contributed by atoms with E-state index in [2.05, 4.69) is 15.0 Å². The van der Waals surface area contributed by atoms with Crippen molar-refractivity contribution in [1.82, 2.24) is 15.0 Å². The van der Waals surface area contributed by atoms with Gasteiger partial charge in [-0.2, -0.15) is 0 Å². The van der Waals surface area contributed by atoms with Crippen LogP contribution < -0.4 is 10.0 Å². The predicted octanol–water partition coefficient (Wildman–Crippen LogP) is 2.53. The highest BCUT2D eigenvalue weighted by Gasteiger charge is 2.16. The lowest BCUT2D eigenvalue weighted by Crippen LogP contribution is -2.27. The van der Waals surface area contributed by atoms with Gasteiger partial charge in [0.05, 0.1) is 4.90 Å². The normalized spacial score (nSPS) is 11.1. The van der Waals surface area contributed by atoms with Crippen molar-refractivity contribution < 1.29 is 13.2 Å². The van der Waals surface area contributed by atoms with Crippen molar-refractivity contribution in [2.24, 2.45) is 0 Å². The van der Waals surface area contributed by atoms with E-state index in [4.69, 9.17) is 0 Å². The standard InChI is InChI=1S/C21H21N3O3S/c25-21(23-14-12-19-10-4-5-13-22-19)18-9-6-11-20(15-18)28(26,27)24-16-17-7-2-1-3-8-17/h1-11,13,15,24H,12,14,16H2,(H,23,25). The molecule has 1 amide bonds. The quantitative estimate of drug-likeness (QED) is 0.613. The van der Waals surface area contributed by atoms with Crippen molar-refractivity contribution in [3.8, 4) is 0 Å². The molecule has 144 valence electrons. The number of hydrogen-bond donors (Lipinski definition) is 2. The highest BCUT2D eigenvalue weighted by molar-refractivity contribution is 7.89. The topological polar surface area (TPSA) is 88.2 Å². The van der Waals surface area contributed by atoms with Crippen LogP contribution in [0.3, 0.4) is 0 Å². The second-order valence-corrected chi connectivity index (χ2v) is 7.93. The fraction of sp³-hybridized carbons (Fsp3) is 0.143. The summed E-state index contributed by atoms with van der Waals surface area (Å²) in [7, 11) is -3.72. The third kappa shape index (κ3) is 5.48. The zero-order valence-corrected chi connectivity index (χ0v) is 16.0. The summed E-state index contributed by atoms with van der Waals surface area (Å²) in [6.45, 7) is 0.600. The van der Waals surface area contributed by atoms with Crippen LogP contribution in [0.2, 0.25) is 0 Å². The number of benzene rings is 2. The van der Waals surface area contributed by atoms with Crippen molar-refractivity contribution in [1.29, 1.82) is 0 Å². The third-order valence-electron chi connectivity index (χ3n) is 4.11. The fourth-order valence-electron chi connectivity index (χ4n) is 2.61. The van der Waals surface area contributed by atoms with Gasteiger partial charge in [0, 0.05) is 37.0 Å². The Kier molecular flexibility index (Phi) is 6.52. The van der Waals surface area contributed by atoms with Gasteiger partial charge in [0.2, 0.25) is 10.0 Å². The summed E-state index contributed by atoms with van der Waals surface area (Å²) >= 11 is 0. The lowest BCUT2D eigenvalue weighted by Gasteiger charge is -2.09. The number of amides is 1. The summed E-state index contributed by atoms with van der Waals surface area (Å²) in [5, 5.41) is 2.79. The number of nitrogens with zero attached hydrogens (tertiary/aromatic N) is 1. The largest absolute Gasteiger partial charge is 0.352 e. The lowest BCUT2D eigenvalue weighted by atomic mass is 10.2. The van der Waals surface area contributed by atoms with Gasteiger partial charge < -0.3 is 5.32 Å². The van der Waals surface area contributed by atoms with Crippen molar-refractivity contribution in [2.45, 2.75) is 17.9 Å². The number of hydrogen-bond acceptors (Lipinski definition) is 4. The molecule has 0 atom stereocenters. The van der Waals surface area contributed by atoms with Crippen LogP contribution in [0, 0.1) is 0 Å². The molecule has 0 radical (unpaired) electrons. The van der Waals surface area contributed by atoms with Gasteiger partial charge in [-0.1, -0.05) is 42.5 Å². The Hall–Kier alpha value is -3.03. The van der Waals surface area contributed by atoms with Gasteiger partial charge in [-0.05, 0) is 35.9 Å². The van der Waals surface area contributed by atoms with Gasteiger partial charge in [0.25, 0.3) is 5.91 Å². The molecule has 0 unspecified atom stereocenters. The van der Waals surface area contributed by atoms with Crippen molar-refractivity contribution >= 4 is 15.9 Å². The number of carbonyl (C=O) groups excluding carboxylic acids is 1. The Bertz CT molecular complexity index is 1020. The van der Waals surface area contributed by atoms with E-state index in [1.54, 1.807) is 18.3 Å². The Morgan fingerprint density at radius 1 is 0.929 bits per heavy atom. The Labute approximate surface area is 164 Å². The second kappa shape index (κ2) is 9.25. The number of pyridine rings is 1. The first-order valence-corrected chi connectivity index (χ1v) is 10.3. The van der Waals surface area contributed by atoms with Crippen molar-refractivity contribution in [3.05, 3.63) is 95.8 Å². The molecule has 0 bridgehead atoms. The highest BCUT2D eigenvalue weighted by atomic mass is 32.2. The number of carbonyl (C=O) groups is 1. The third-order valence-corrected chi connectivity index (χ3v) is 5.51. The summed E-state index contributed by atoms with van der Waals surface area (Å²) in [6, 6.07) is 20.9. The summed E-state index contributed by atoms with van der Waals surface area (Å²) < 4.78 is 27.6. The summed E-state index contributed by atoms with van der Waals surface area (Å²) in [4.78, 5) is 16.6. The molecule has 0 aliphatic heterocycles. The molecule has 0 fully saturated rings. The molecular weight excluding hydrogens is 374 g/mol. The van der Waals surface area contributed by atoms with E-state index in [0.717, 1.165) is 11.3 Å². The smallest absolute Gasteiger partial charge is 0.251 e. The Morgan fingerprint density at radius 3 is 2.46 bits per heavy atom. The maximum absolute atomic E-state index is 12.5. The van der Waals surface area contributed by atoms with Crippen LogP contribution in [-0.4, -0.2) is 25.9 Å². The van der Waals surface area contributed by atoms with Crippen LogP contribution in [0.15, 0.2) is 83.9 Å². The van der Waals surface area contributed by atoms with E-state index >= 15 is 0 Å². The van der Waals surface area contributed by atoms with Gasteiger partial charge in [0.15, 0.2) is 0 Å². The molecular formula is C21H21N3O3S. The first-order valence-electron chi connectivity index (χ1n) is 8.86. The summed E-state index contributed by atoms with van der Waals surface area (Å²) in [5.74, 6) is -0.323. The SMILES string of the molecule is O=C(NCCc1ccccn1)c1cccc(S(=O)(=O)NCc2ccccc2)c1. The molecule has 2 N–H and O–H groups in total. The second-order valence-electron chi connectivity index (χ2n) is 6.16. The van der Waals surface area contributed by atoms with Gasteiger partial charge in [-0.25, -0.2) is 13.1 Å². The van der Waals surface area contributed by atoms with E-state index in [9.17, 15) is 13.2 Å². The Morgan fingerprint density at radius 2 is 1.71 bits per heavy atom. The maximum atomic E-state index is 12.5. The monoisotopic (exact) mass is 395 g/mol. The molecule has 0 aliphatic carbocycles. The molecule has 0 saturated heterocycles. The molecule has 3 rings (SSSR count). The van der Waals surface area contributed by atoms with Crippen molar-refractivity contribution in [2.75, 3.05) is 6.54 Å². The molecule has 2 aromatic carbocycles. The van der Waals surface area contributed by atoms with Crippen molar-refractivity contribution in [3.63, 3.8) is 0 Å². The minimum absolute atomic E-state index is 0.0563. The van der Waals surface area contributed by atoms with Crippen LogP contribution in [-0.2, 0) is 23.0 Å². The Balaban J connectivity index is 1.61. The zero-order valence-electron chi connectivity index (χ0n) is 15.2. The first kappa shape index (κ1) is 19.7. The van der Waals surface area contributed by atoms with E-state index in [1.807, 2.05) is 48.5 Å². The van der Waals surface area contributed by atoms with Gasteiger partial charge >= 0.3 is 0 Å². The van der Waals surface area contributed by atoms with E-state index < -0.39 is 10.0 Å². The number of rotatable bonds is 8. The number of aromatic nitrogens is 1. The predicted molar refractivity (Wildman–Crippen MR) is 107 cm³/mol. The average molecular weight is 395 g/mol. The van der Waals surface area contributed by atoms with Gasteiger partial charge in [0.1, 0.15) is 0 Å². The first-order chi connectivity index (χ1) is 13.5. The van der Waals surface area contributed by atoms with Crippen LogP contribution in [0.25, 0.3) is 0 Å². The van der Waals surface area contributed by atoms with Crippen LogP contribution in [0.5, 0.6) is 0 Å². The van der Waals surface area contributed by atoms with E-state index in [-0.39, 0.29) is 17.3 Å². The number of sulfonamides is 1. The maximum Gasteiger partial charge on any atom is 0.251 e. The molecule has 1 heterocycles. The minimum Gasteiger partial charge on any atom is -0.352 e. The van der Waals surface area contributed by atoms with Crippen LogP contribution in [0.4, 0.5) is 0 Å². The van der Waals surface area contributed by atoms with Gasteiger partial charge in [-0.15, -0.1) is 0 Å². The summed E-state index contributed by atoms with van der Waals surface area (Å²) in [5.41, 5.74) is 2.03. The molecule has 28 heavy (non-hydrogen) atoms. The molecule has 7 heteroatoms. The van der Waals surface area contributed by atoms with Gasteiger partial charge in [-0.3, -0.25) is 9.78 Å². The summed E-state index contributed by atoms with van der Waals surface area (Å²) in [6.07, 6.45) is 2.30. The van der Waals surface area contributed by atoms with Crippen LogP contribution >= 0.6 is 0 Å². The molecule has 0 aliphatic rings. The molecule has 0 saturated carbocycles. The fourth-order valence-corrected chi connectivity index (χ4v) is 3.68. The highest BCUT2D eigenvalue weighted by Crippen LogP contribution is 2.12. The molecule has 6 nitrogen and oxygen atoms in total. The number of nitrogens with one attached hydrogen (secondary N) is 2. The lowest BCUT2D eigenvalue weighted by molar-refractivity contribution is 0.0954.